The Bertz CT molecular complexity index is 374. The summed E-state index contributed by atoms with van der Waals surface area (Å²) in [5.74, 6) is -0.230. The Morgan fingerprint density at radius 1 is 1.64 bits per heavy atom. The molecule has 1 aromatic rings. The Labute approximate surface area is 83.1 Å². The van der Waals surface area contributed by atoms with Gasteiger partial charge in [-0.3, -0.25) is 9.78 Å². The van der Waals surface area contributed by atoms with E-state index in [1.807, 2.05) is 6.07 Å². The van der Waals surface area contributed by atoms with Gasteiger partial charge in [0.15, 0.2) is 0 Å². The van der Waals surface area contributed by atoms with E-state index in [4.69, 9.17) is 4.74 Å². The van der Waals surface area contributed by atoms with Gasteiger partial charge in [0.2, 0.25) is 0 Å². The second-order valence-electron chi connectivity index (χ2n) is 3.63. The number of pyridine rings is 1. The number of nitrogens with zero attached hydrogens (tertiary/aromatic N) is 1. The lowest BCUT2D eigenvalue weighted by atomic mass is 10.1. The van der Waals surface area contributed by atoms with Crippen LogP contribution >= 0.6 is 0 Å². The molecule has 1 aliphatic carbocycles. The van der Waals surface area contributed by atoms with E-state index < -0.39 is 0 Å². The van der Waals surface area contributed by atoms with Crippen LogP contribution in [0.25, 0.3) is 0 Å². The molecule has 3 nitrogen and oxygen atoms in total. The van der Waals surface area contributed by atoms with Gasteiger partial charge in [0.05, 0.1) is 5.69 Å². The second kappa shape index (κ2) is 3.40. The van der Waals surface area contributed by atoms with Gasteiger partial charge >= 0.3 is 5.97 Å². The maximum Gasteiger partial charge on any atom is 0.303 e. The standard InChI is InChI=1S/C11H13NO2/c1-7-5-6-12-11-9(7)3-4-10(11)14-8(2)13/h5-6,10H,3-4H2,1-2H3. The number of hydrogen-bond donors (Lipinski definition) is 0. The Hall–Kier alpha value is -1.38. The van der Waals surface area contributed by atoms with Crippen molar-refractivity contribution in [3.8, 4) is 0 Å². The van der Waals surface area contributed by atoms with Crippen LogP contribution in [0.1, 0.15) is 36.3 Å². The Morgan fingerprint density at radius 2 is 2.43 bits per heavy atom. The molecule has 0 saturated heterocycles. The highest BCUT2D eigenvalue weighted by Gasteiger charge is 2.27. The van der Waals surface area contributed by atoms with E-state index in [-0.39, 0.29) is 12.1 Å². The summed E-state index contributed by atoms with van der Waals surface area (Å²) in [6.07, 6.45) is 3.48. The normalized spacial score (nSPS) is 19.1. The first-order valence-corrected chi connectivity index (χ1v) is 4.80. The van der Waals surface area contributed by atoms with Crippen LogP contribution in [-0.2, 0) is 16.0 Å². The molecule has 0 aromatic carbocycles. The predicted molar refractivity (Wildman–Crippen MR) is 51.8 cm³/mol. The number of ether oxygens (including phenoxy) is 1. The van der Waals surface area contributed by atoms with Crippen LogP contribution in [-0.4, -0.2) is 11.0 Å². The fourth-order valence-electron chi connectivity index (χ4n) is 1.94. The van der Waals surface area contributed by atoms with Crippen LogP contribution in [0.4, 0.5) is 0 Å². The zero-order valence-electron chi connectivity index (χ0n) is 8.41. The van der Waals surface area contributed by atoms with E-state index in [0.29, 0.717) is 0 Å². The molecule has 0 amide bonds. The highest BCUT2D eigenvalue weighted by atomic mass is 16.5. The molecule has 1 heterocycles. The highest BCUT2D eigenvalue weighted by molar-refractivity contribution is 5.66. The first kappa shape index (κ1) is 9.19. The van der Waals surface area contributed by atoms with E-state index >= 15 is 0 Å². The molecule has 0 spiro atoms. The van der Waals surface area contributed by atoms with E-state index in [1.54, 1.807) is 6.20 Å². The number of carbonyl (C=O) groups excluding carboxylic acids is 1. The van der Waals surface area contributed by atoms with E-state index in [0.717, 1.165) is 18.5 Å². The van der Waals surface area contributed by atoms with Gasteiger partial charge < -0.3 is 4.74 Å². The number of esters is 1. The minimum atomic E-state index is -0.230. The fraction of sp³-hybridized carbons (Fsp3) is 0.455. The second-order valence-corrected chi connectivity index (χ2v) is 3.63. The Balaban J connectivity index is 2.30. The van der Waals surface area contributed by atoms with Crippen molar-refractivity contribution in [2.75, 3.05) is 0 Å². The summed E-state index contributed by atoms with van der Waals surface area (Å²) >= 11 is 0. The SMILES string of the molecule is CC(=O)OC1CCc2c(C)ccnc21. The lowest BCUT2D eigenvalue weighted by Gasteiger charge is -2.10. The largest absolute Gasteiger partial charge is 0.456 e. The van der Waals surface area contributed by atoms with Crippen molar-refractivity contribution in [2.24, 2.45) is 0 Å². The summed E-state index contributed by atoms with van der Waals surface area (Å²) in [6.45, 7) is 3.50. The van der Waals surface area contributed by atoms with Crippen LogP contribution < -0.4 is 0 Å². The van der Waals surface area contributed by atoms with Crippen molar-refractivity contribution in [1.82, 2.24) is 4.98 Å². The molecule has 74 valence electrons. The fourth-order valence-corrected chi connectivity index (χ4v) is 1.94. The van der Waals surface area contributed by atoms with Gasteiger partial charge in [-0.1, -0.05) is 0 Å². The van der Waals surface area contributed by atoms with E-state index in [1.165, 1.54) is 18.1 Å². The van der Waals surface area contributed by atoms with Gasteiger partial charge in [0, 0.05) is 13.1 Å². The molecule has 1 unspecified atom stereocenters. The van der Waals surface area contributed by atoms with E-state index in [9.17, 15) is 4.79 Å². The lowest BCUT2D eigenvalue weighted by molar-refractivity contribution is -0.146. The van der Waals surface area contributed by atoms with Gasteiger partial charge in [0.25, 0.3) is 0 Å². The minimum Gasteiger partial charge on any atom is -0.456 e. The summed E-state index contributed by atoms with van der Waals surface area (Å²) in [5.41, 5.74) is 3.43. The molecule has 1 atom stereocenters. The quantitative estimate of drug-likeness (QED) is 0.637. The summed E-state index contributed by atoms with van der Waals surface area (Å²) in [4.78, 5) is 15.1. The van der Waals surface area contributed by atoms with Crippen LogP contribution in [0.2, 0.25) is 0 Å². The van der Waals surface area contributed by atoms with Gasteiger partial charge in [-0.25, -0.2) is 0 Å². The van der Waals surface area contributed by atoms with E-state index in [2.05, 4.69) is 11.9 Å². The molecular weight excluding hydrogens is 178 g/mol. The summed E-state index contributed by atoms with van der Waals surface area (Å²) in [6, 6.07) is 2.00. The first-order chi connectivity index (χ1) is 6.68. The first-order valence-electron chi connectivity index (χ1n) is 4.80. The number of carbonyl (C=O) groups is 1. The van der Waals surface area contributed by atoms with Crippen molar-refractivity contribution < 1.29 is 9.53 Å². The maximum atomic E-state index is 10.8. The van der Waals surface area contributed by atoms with Crippen LogP contribution in [0.15, 0.2) is 12.3 Å². The third-order valence-corrected chi connectivity index (χ3v) is 2.59. The van der Waals surface area contributed by atoms with Crippen LogP contribution in [0.3, 0.4) is 0 Å². The maximum absolute atomic E-state index is 10.8. The molecule has 1 aliphatic rings. The monoisotopic (exact) mass is 191 g/mol. The van der Waals surface area contributed by atoms with Gasteiger partial charge in [-0.2, -0.15) is 0 Å². The average molecular weight is 191 g/mol. The molecule has 1 aromatic heterocycles. The zero-order valence-corrected chi connectivity index (χ0v) is 8.41. The smallest absolute Gasteiger partial charge is 0.303 e. The molecule has 2 rings (SSSR count). The average Bonchev–Trinajstić information content (AvgIpc) is 2.49. The molecule has 0 bridgehead atoms. The number of aryl methyl sites for hydroxylation is 1. The van der Waals surface area contributed by atoms with Crippen LogP contribution in [0.5, 0.6) is 0 Å². The third-order valence-electron chi connectivity index (χ3n) is 2.59. The van der Waals surface area contributed by atoms with Crippen molar-refractivity contribution in [3.63, 3.8) is 0 Å². The van der Waals surface area contributed by atoms with Crippen molar-refractivity contribution in [3.05, 3.63) is 29.1 Å². The minimum absolute atomic E-state index is 0.123. The predicted octanol–water partition coefficient (Wildman–Crippen LogP) is 1.94. The van der Waals surface area contributed by atoms with Crippen molar-refractivity contribution >= 4 is 5.97 Å². The zero-order chi connectivity index (χ0) is 10.1. The number of hydrogen-bond acceptors (Lipinski definition) is 3. The Morgan fingerprint density at radius 3 is 3.14 bits per heavy atom. The van der Waals surface area contributed by atoms with Crippen molar-refractivity contribution in [1.29, 1.82) is 0 Å². The highest BCUT2D eigenvalue weighted by Crippen LogP contribution is 2.33. The summed E-state index contributed by atoms with van der Waals surface area (Å²) in [5, 5.41) is 0. The molecular formula is C11H13NO2. The van der Waals surface area contributed by atoms with Crippen LogP contribution in [0, 0.1) is 6.92 Å². The third kappa shape index (κ3) is 1.50. The lowest BCUT2D eigenvalue weighted by Crippen LogP contribution is -2.06. The Kier molecular flexibility index (Phi) is 2.23. The molecule has 0 fully saturated rings. The summed E-state index contributed by atoms with van der Waals surface area (Å²) in [7, 11) is 0. The van der Waals surface area contributed by atoms with Crippen molar-refractivity contribution in [2.45, 2.75) is 32.8 Å². The van der Waals surface area contributed by atoms with Gasteiger partial charge in [0.1, 0.15) is 6.10 Å². The number of rotatable bonds is 1. The van der Waals surface area contributed by atoms with Gasteiger partial charge in [-0.05, 0) is 37.0 Å². The topological polar surface area (TPSA) is 39.2 Å². The molecule has 0 radical (unpaired) electrons. The van der Waals surface area contributed by atoms with Gasteiger partial charge in [-0.15, -0.1) is 0 Å². The number of aromatic nitrogens is 1. The molecule has 3 heteroatoms. The molecule has 0 aliphatic heterocycles. The number of fused-ring (bicyclic) bond motifs is 1. The summed E-state index contributed by atoms with van der Waals surface area (Å²) < 4.78 is 5.19. The molecule has 14 heavy (non-hydrogen) atoms. The molecule has 0 N–H and O–H groups in total. The molecule has 0 saturated carbocycles.